The van der Waals surface area contributed by atoms with Crippen molar-refractivity contribution in [3.8, 4) is 11.5 Å². The first kappa shape index (κ1) is 19.3. The standard InChI is InChI=1S/C20H23NO5/c1-5-25-16-9-7-15(8-10-16)21-19(22)14(3)26-20(23)17-12-13(2)6-11-18(17)24-4/h6-12,14H,5H2,1-4H3,(H,21,22)/t14-/m0/s1. The maximum absolute atomic E-state index is 12.4. The highest BCUT2D eigenvalue weighted by Crippen LogP contribution is 2.21. The SMILES string of the molecule is CCOc1ccc(NC(=O)[C@H](C)OC(=O)c2cc(C)ccc2OC)cc1. The van der Waals surface area contributed by atoms with Gasteiger partial charge in [0.25, 0.3) is 5.91 Å². The number of methoxy groups -OCH3 is 1. The average molecular weight is 357 g/mol. The molecule has 0 saturated carbocycles. The number of benzene rings is 2. The van der Waals surface area contributed by atoms with E-state index in [2.05, 4.69) is 5.32 Å². The van der Waals surface area contributed by atoms with Crippen LogP contribution < -0.4 is 14.8 Å². The van der Waals surface area contributed by atoms with Gasteiger partial charge in [-0.05, 0) is 57.2 Å². The second kappa shape index (κ2) is 8.89. The summed E-state index contributed by atoms with van der Waals surface area (Å²) in [7, 11) is 1.48. The number of carbonyl (C=O) groups excluding carboxylic acids is 2. The van der Waals surface area contributed by atoms with E-state index in [9.17, 15) is 9.59 Å². The van der Waals surface area contributed by atoms with E-state index in [0.29, 0.717) is 18.0 Å². The van der Waals surface area contributed by atoms with Crippen LogP contribution in [0.25, 0.3) is 0 Å². The molecular formula is C20H23NO5. The topological polar surface area (TPSA) is 73.9 Å². The van der Waals surface area contributed by atoms with Gasteiger partial charge >= 0.3 is 5.97 Å². The third-order valence-electron chi connectivity index (χ3n) is 3.66. The molecule has 0 radical (unpaired) electrons. The Bertz CT molecular complexity index is 770. The van der Waals surface area contributed by atoms with Crippen molar-refractivity contribution in [2.75, 3.05) is 19.0 Å². The minimum Gasteiger partial charge on any atom is -0.496 e. The van der Waals surface area contributed by atoms with Crippen LogP contribution in [-0.2, 0) is 9.53 Å². The maximum Gasteiger partial charge on any atom is 0.342 e. The molecule has 0 spiro atoms. The number of hydrogen-bond donors (Lipinski definition) is 1. The lowest BCUT2D eigenvalue weighted by Gasteiger charge is -2.15. The summed E-state index contributed by atoms with van der Waals surface area (Å²) in [5.41, 5.74) is 1.77. The fourth-order valence-electron chi connectivity index (χ4n) is 2.30. The highest BCUT2D eigenvalue weighted by Gasteiger charge is 2.21. The summed E-state index contributed by atoms with van der Waals surface area (Å²) in [5, 5.41) is 2.70. The van der Waals surface area contributed by atoms with Crippen LogP contribution in [0.4, 0.5) is 5.69 Å². The number of esters is 1. The van der Waals surface area contributed by atoms with Gasteiger partial charge in [0.2, 0.25) is 0 Å². The van der Waals surface area contributed by atoms with Crippen molar-refractivity contribution in [3.05, 3.63) is 53.6 Å². The minimum atomic E-state index is -0.959. The molecule has 138 valence electrons. The highest BCUT2D eigenvalue weighted by atomic mass is 16.5. The van der Waals surface area contributed by atoms with Crippen molar-refractivity contribution >= 4 is 17.6 Å². The molecule has 0 unspecified atom stereocenters. The molecule has 1 N–H and O–H groups in total. The summed E-state index contributed by atoms with van der Waals surface area (Å²) in [4.78, 5) is 24.6. The Kier molecular flexibility index (Phi) is 6.60. The molecule has 0 aliphatic heterocycles. The van der Waals surface area contributed by atoms with Crippen LogP contribution >= 0.6 is 0 Å². The van der Waals surface area contributed by atoms with Crippen LogP contribution in [0.2, 0.25) is 0 Å². The number of aryl methyl sites for hydroxylation is 1. The Labute approximate surface area is 153 Å². The van der Waals surface area contributed by atoms with Gasteiger partial charge in [0.1, 0.15) is 17.1 Å². The zero-order valence-electron chi connectivity index (χ0n) is 15.4. The van der Waals surface area contributed by atoms with Crippen molar-refractivity contribution in [2.24, 2.45) is 0 Å². The first-order valence-electron chi connectivity index (χ1n) is 8.34. The van der Waals surface area contributed by atoms with Gasteiger partial charge in [-0.2, -0.15) is 0 Å². The van der Waals surface area contributed by atoms with Gasteiger partial charge in [-0.3, -0.25) is 4.79 Å². The van der Waals surface area contributed by atoms with E-state index >= 15 is 0 Å². The summed E-state index contributed by atoms with van der Waals surface area (Å²) in [6, 6.07) is 12.1. The normalized spacial score (nSPS) is 11.4. The van der Waals surface area contributed by atoms with E-state index in [-0.39, 0.29) is 5.56 Å². The van der Waals surface area contributed by atoms with Crippen molar-refractivity contribution < 1.29 is 23.8 Å². The molecule has 6 heteroatoms. The van der Waals surface area contributed by atoms with Crippen LogP contribution in [0.15, 0.2) is 42.5 Å². The lowest BCUT2D eigenvalue weighted by Crippen LogP contribution is -2.30. The zero-order valence-corrected chi connectivity index (χ0v) is 15.4. The number of amides is 1. The summed E-state index contributed by atoms with van der Waals surface area (Å²) in [6.45, 7) is 5.85. The number of nitrogens with one attached hydrogen (secondary N) is 1. The van der Waals surface area contributed by atoms with Crippen LogP contribution in [0.1, 0.15) is 29.8 Å². The van der Waals surface area contributed by atoms with Gasteiger partial charge in [-0.25, -0.2) is 4.79 Å². The molecule has 0 aliphatic rings. The summed E-state index contributed by atoms with van der Waals surface area (Å²) in [6.07, 6.45) is -0.959. The molecule has 0 saturated heterocycles. The maximum atomic E-state index is 12.4. The first-order valence-corrected chi connectivity index (χ1v) is 8.34. The molecule has 0 fully saturated rings. The van der Waals surface area contributed by atoms with Gasteiger partial charge in [-0.15, -0.1) is 0 Å². The van der Waals surface area contributed by atoms with E-state index in [1.54, 1.807) is 36.4 Å². The highest BCUT2D eigenvalue weighted by molar-refractivity contribution is 5.98. The largest absolute Gasteiger partial charge is 0.496 e. The van der Waals surface area contributed by atoms with E-state index in [1.165, 1.54) is 14.0 Å². The Morgan fingerprint density at radius 1 is 1.12 bits per heavy atom. The van der Waals surface area contributed by atoms with Crippen LogP contribution in [0.3, 0.4) is 0 Å². The van der Waals surface area contributed by atoms with Crippen LogP contribution in [-0.4, -0.2) is 31.7 Å². The van der Waals surface area contributed by atoms with Crippen LogP contribution in [0.5, 0.6) is 11.5 Å². The Hall–Kier alpha value is -3.02. The second-order valence-electron chi connectivity index (χ2n) is 5.70. The first-order chi connectivity index (χ1) is 12.4. The minimum absolute atomic E-state index is 0.285. The van der Waals surface area contributed by atoms with Crippen molar-refractivity contribution in [1.82, 2.24) is 0 Å². The molecule has 6 nitrogen and oxygen atoms in total. The van der Waals surface area contributed by atoms with E-state index in [0.717, 1.165) is 11.3 Å². The Morgan fingerprint density at radius 3 is 2.42 bits per heavy atom. The quantitative estimate of drug-likeness (QED) is 0.767. The molecule has 26 heavy (non-hydrogen) atoms. The van der Waals surface area contributed by atoms with Gasteiger partial charge < -0.3 is 19.5 Å². The van der Waals surface area contributed by atoms with E-state index < -0.39 is 18.0 Å². The Balaban J connectivity index is 2.00. The van der Waals surface area contributed by atoms with Crippen LogP contribution in [0, 0.1) is 6.92 Å². The molecule has 0 bridgehead atoms. The third kappa shape index (κ3) is 4.99. The number of rotatable bonds is 7. The van der Waals surface area contributed by atoms with E-state index in [4.69, 9.17) is 14.2 Å². The number of anilines is 1. The smallest absolute Gasteiger partial charge is 0.342 e. The molecular weight excluding hydrogens is 334 g/mol. The molecule has 0 heterocycles. The predicted molar refractivity (Wildman–Crippen MR) is 98.8 cm³/mol. The van der Waals surface area contributed by atoms with Gasteiger partial charge in [0.05, 0.1) is 13.7 Å². The van der Waals surface area contributed by atoms with Gasteiger partial charge in [-0.1, -0.05) is 11.6 Å². The monoisotopic (exact) mass is 357 g/mol. The number of carbonyl (C=O) groups is 2. The van der Waals surface area contributed by atoms with Crippen molar-refractivity contribution in [1.29, 1.82) is 0 Å². The molecule has 2 aromatic carbocycles. The molecule has 2 rings (SSSR count). The fraction of sp³-hybridized carbons (Fsp3) is 0.300. The molecule has 1 amide bonds. The molecule has 1 atom stereocenters. The molecule has 2 aromatic rings. The fourth-order valence-corrected chi connectivity index (χ4v) is 2.30. The zero-order chi connectivity index (χ0) is 19.1. The second-order valence-corrected chi connectivity index (χ2v) is 5.70. The lowest BCUT2D eigenvalue weighted by atomic mass is 10.1. The third-order valence-corrected chi connectivity index (χ3v) is 3.66. The summed E-state index contributed by atoms with van der Waals surface area (Å²) in [5.74, 6) is 0.0882. The van der Waals surface area contributed by atoms with E-state index in [1.807, 2.05) is 19.9 Å². The Morgan fingerprint density at radius 2 is 1.81 bits per heavy atom. The molecule has 0 aromatic heterocycles. The van der Waals surface area contributed by atoms with Gasteiger partial charge in [0.15, 0.2) is 6.10 Å². The summed E-state index contributed by atoms with van der Waals surface area (Å²) >= 11 is 0. The number of ether oxygens (including phenoxy) is 3. The lowest BCUT2D eigenvalue weighted by molar-refractivity contribution is -0.123. The molecule has 0 aliphatic carbocycles. The van der Waals surface area contributed by atoms with Crippen molar-refractivity contribution in [2.45, 2.75) is 26.9 Å². The summed E-state index contributed by atoms with van der Waals surface area (Å²) < 4.78 is 15.8. The predicted octanol–water partition coefficient (Wildman–Crippen LogP) is 3.59. The van der Waals surface area contributed by atoms with Crippen molar-refractivity contribution in [3.63, 3.8) is 0 Å². The van der Waals surface area contributed by atoms with Gasteiger partial charge in [0, 0.05) is 5.69 Å². The number of hydrogen-bond acceptors (Lipinski definition) is 5. The average Bonchev–Trinajstić information content (AvgIpc) is 2.63.